The van der Waals surface area contributed by atoms with E-state index in [0.717, 1.165) is 39.0 Å². The summed E-state index contributed by atoms with van der Waals surface area (Å²) in [7, 11) is -0.112. The van der Waals surface area contributed by atoms with Gasteiger partial charge in [-0.2, -0.15) is 0 Å². The van der Waals surface area contributed by atoms with Crippen LogP contribution in [0.5, 0.6) is 0 Å². The second kappa shape index (κ2) is 6.46. The summed E-state index contributed by atoms with van der Waals surface area (Å²) < 4.78 is 17.5. The Hall–Kier alpha value is -1.04. The van der Waals surface area contributed by atoms with E-state index < -0.39 is 0 Å². The first kappa shape index (κ1) is 16.8. The van der Waals surface area contributed by atoms with Crippen LogP contribution < -0.4 is 4.90 Å². The van der Waals surface area contributed by atoms with Gasteiger partial charge < -0.3 is 18.9 Å². The molecule has 2 fully saturated rings. The number of hydrogen-bond acceptors (Lipinski definition) is 4. The number of morpholine rings is 1. The molecule has 0 amide bonds. The quantitative estimate of drug-likeness (QED) is 0.798. The van der Waals surface area contributed by atoms with Crippen LogP contribution in [0.2, 0.25) is 6.32 Å². The first-order valence-corrected chi connectivity index (χ1v) is 8.65. The van der Waals surface area contributed by atoms with E-state index >= 15 is 0 Å². The van der Waals surface area contributed by atoms with Gasteiger partial charge in [-0.15, -0.1) is 0 Å². The van der Waals surface area contributed by atoms with Crippen LogP contribution in [-0.4, -0.2) is 44.6 Å². The smallest absolute Gasteiger partial charge is 0.403 e. The largest absolute Gasteiger partial charge is 0.458 e. The zero-order chi connectivity index (χ0) is 16.5. The molecule has 5 heteroatoms. The fourth-order valence-corrected chi connectivity index (χ4v) is 3.06. The fourth-order valence-electron chi connectivity index (χ4n) is 3.06. The third kappa shape index (κ3) is 3.73. The van der Waals surface area contributed by atoms with Crippen LogP contribution in [-0.2, 0) is 20.5 Å². The predicted octanol–water partition coefficient (Wildman–Crippen LogP) is 3.16. The van der Waals surface area contributed by atoms with Crippen LogP contribution in [0.4, 0.5) is 5.69 Å². The van der Waals surface area contributed by atoms with Crippen LogP contribution in [0, 0.1) is 0 Å². The normalized spacial score (nSPS) is 23.3. The van der Waals surface area contributed by atoms with Gasteiger partial charge in [-0.25, -0.2) is 0 Å². The second-order valence-corrected chi connectivity index (χ2v) is 7.49. The molecule has 0 N–H and O–H groups in total. The molecule has 2 aliphatic rings. The van der Waals surface area contributed by atoms with Gasteiger partial charge in [0.25, 0.3) is 0 Å². The number of anilines is 1. The van der Waals surface area contributed by atoms with Gasteiger partial charge in [0.1, 0.15) is 0 Å². The van der Waals surface area contributed by atoms with Crippen molar-refractivity contribution in [3.8, 4) is 0 Å². The summed E-state index contributed by atoms with van der Waals surface area (Å²) in [5.41, 5.74) is 2.14. The monoisotopic (exact) mass is 317 g/mol. The molecule has 126 valence electrons. The highest BCUT2D eigenvalue weighted by molar-refractivity contribution is 6.45. The standard InChI is InChI=1S/C18H28BNO3/c1-17(2)18(3,4)23-19(22-17)10-9-15-5-7-16(8-6-15)20-11-13-21-14-12-20/h5-8H,9-14H2,1-4H3. The molecular formula is C18H28BNO3. The highest BCUT2D eigenvalue weighted by atomic mass is 16.7. The van der Waals surface area contributed by atoms with Crippen molar-refractivity contribution in [2.45, 2.75) is 51.6 Å². The molecule has 2 saturated heterocycles. The summed E-state index contributed by atoms with van der Waals surface area (Å²) >= 11 is 0. The molecule has 0 saturated carbocycles. The van der Waals surface area contributed by atoms with Crippen LogP contribution in [0.25, 0.3) is 0 Å². The van der Waals surface area contributed by atoms with Gasteiger partial charge in [0.05, 0.1) is 24.4 Å². The van der Waals surface area contributed by atoms with Crippen LogP contribution in [0.15, 0.2) is 24.3 Å². The van der Waals surface area contributed by atoms with Crippen molar-refractivity contribution in [1.82, 2.24) is 0 Å². The van der Waals surface area contributed by atoms with Crippen molar-refractivity contribution in [1.29, 1.82) is 0 Å². The highest BCUT2D eigenvalue weighted by Crippen LogP contribution is 2.38. The maximum Gasteiger partial charge on any atom is 0.458 e. The summed E-state index contributed by atoms with van der Waals surface area (Å²) in [6.45, 7) is 12.0. The van der Waals surface area contributed by atoms with E-state index in [1.54, 1.807) is 0 Å². The first-order valence-electron chi connectivity index (χ1n) is 8.65. The molecule has 0 spiro atoms. The summed E-state index contributed by atoms with van der Waals surface area (Å²) in [6, 6.07) is 8.86. The third-order valence-electron chi connectivity index (χ3n) is 5.28. The summed E-state index contributed by atoms with van der Waals surface area (Å²) in [5, 5.41) is 0. The lowest BCUT2D eigenvalue weighted by Gasteiger charge is -2.32. The van der Waals surface area contributed by atoms with Crippen LogP contribution in [0.1, 0.15) is 33.3 Å². The molecule has 0 aromatic heterocycles. The Kier molecular flexibility index (Phi) is 4.72. The van der Waals surface area contributed by atoms with E-state index in [9.17, 15) is 0 Å². The first-order chi connectivity index (χ1) is 10.9. The summed E-state index contributed by atoms with van der Waals surface area (Å²) in [5.74, 6) is 0. The molecule has 0 unspecified atom stereocenters. The number of nitrogens with zero attached hydrogens (tertiary/aromatic N) is 1. The molecule has 2 heterocycles. The van der Waals surface area contributed by atoms with E-state index in [4.69, 9.17) is 14.0 Å². The van der Waals surface area contributed by atoms with Gasteiger partial charge >= 0.3 is 7.12 Å². The molecule has 1 aromatic carbocycles. The summed E-state index contributed by atoms with van der Waals surface area (Å²) in [4.78, 5) is 2.38. The lowest BCUT2D eigenvalue weighted by molar-refractivity contribution is 0.00578. The van der Waals surface area contributed by atoms with E-state index in [2.05, 4.69) is 56.9 Å². The number of aryl methyl sites for hydroxylation is 1. The summed E-state index contributed by atoms with van der Waals surface area (Å²) in [6.07, 6.45) is 1.87. The van der Waals surface area contributed by atoms with Crippen molar-refractivity contribution in [3.63, 3.8) is 0 Å². The molecular weight excluding hydrogens is 289 g/mol. The van der Waals surface area contributed by atoms with Crippen molar-refractivity contribution in [2.75, 3.05) is 31.2 Å². The molecule has 0 bridgehead atoms. The minimum absolute atomic E-state index is 0.112. The molecule has 1 aromatic rings. The van der Waals surface area contributed by atoms with E-state index in [1.807, 2.05) is 0 Å². The van der Waals surface area contributed by atoms with Crippen molar-refractivity contribution < 1.29 is 14.0 Å². The SMILES string of the molecule is CC1(C)OB(CCc2ccc(N3CCOCC3)cc2)OC1(C)C. The zero-order valence-corrected chi connectivity index (χ0v) is 14.8. The van der Waals surface area contributed by atoms with E-state index in [0.29, 0.717) is 0 Å². The third-order valence-corrected chi connectivity index (χ3v) is 5.28. The highest BCUT2D eigenvalue weighted by Gasteiger charge is 2.50. The minimum Gasteiger partial charge on any atom is -0.403 e. The maximum absolute atomic E-state index is 6.06. The Balaban J connectivity index is 1.53. The fraction of sp³-hybridized carbons (Fsp3) is 0.667. The Morgan fingerprint density at radius 1 is 0.957 bits per heavy atom. The number of rotatable bonds is 4. The number of benzene rings is 1. The average molecular weight is 317 g/mol. The van der Waals surface area contributed by atoms with Crippen molar-refractivity contribution >= 4 is 12.8 Å². The average Bonchev–Trinajstić information content (AvgIpc) is 2.74. The van der Waals surface area contributed by atoms with Crippen molar-refractivity contribution in [3.05, 3.63) is 29.8 Å². The molecule has 0 atom stereocenters. The molecule has 2 aliphatic heterocycles. The van der Waals surface area contributed by atoms with Crippen LogP contribution >= 0.6 is 0 Å². The van der Waals surface area contributed by atoms with E-state index in [1.165, 1.54) is 11.3 Å². The Morgan fingerprint density at radius 3 is 2.09 bits per heavy atom. The second-order valence-electron chi connectivity index (χ2n) is 7.49. The minimum atomic E-state index is -0.238. The van der Waals surface area contributed by atoms with Crippen LogP contribution in [0.3, 0.4) is 0 Å². The molecule has 3 rings (SSSR count). The van der Waals surface area contributed by atoms with Gasteiger partial charge in [0, 0.05) is 18.8 Å². The molecule has 23 heavy (non-hydrogen) atoms. The molecule has 0 aliphatic carbocycles. The predicted molar refractivity (Wildman–Crippen MR) is 94.1 cm³/mol. The molecule has 0 radical (unpaired) electrons. The maximum atomic E-state index is 6.06. The van der Waals surface area contributed by atoms with Gasteiger partial charge in [-0.3, -0.25) is 0 Å². The number of ether oxygens (including phenoxy) is 1. The lowest BCUT2D eigenvalue weighted by Crippen LogP contribution is -2.41. The number of hydrogen-bond donors (Lipinski definition) is 0. The van der Waals surface area contributed by atoms with Gasteiger partial charge in [-0.05, 0) is 58.1 Å². The lowest BCUT2D eigenvalue weighted by atomic mass is 9.81. The zero-order valence-electron chi connectivity index (χ0n) is 14.8. The van der Waals surface area contributed by atoms with Gasteiger partial charge in [-0.1, -0.05) is 12.1 Å². The van der Waals surface area contributed by atoms with Crippen molar-refractivity contribution in [2.24, 2.45) is 0 Å². The van der Waals surface area contributed by atoms with E-state index in [-0.39, 0.29) is 18.3 Å². The topological polar surface area (TPSA) is 30.9 Å². The Bertz CT molecular complexity index is 508. The Morgan fingerprint density at radius 2 is 1.52 bits per heavy atom. The van der Waals surface area contributed by atoms with Gasteiger partial charge in [0.15, 0.2) is 0 Å². The molecule has 4 nitrogen and oxygen atoms in total. The Labute approximate surface area is 140 Å². The van der Waals surface area contributed by atoms with Gasteiger partial charge in [0.2, 0.25) is 0 Å².